The Bertz CT molecular complexity index is 377. The molecule has 1 aliphatic carbocycles. The van der Waals surface area contributed by atoms with Crippen molar-refractivity contribution < 1.29 is 9.90 Å². The number of hydrogen-bond acceptors (Lipinski definition) is 2. The van der Waals surface area contributed by atoms with E-state index in [-0.39, 0.29) is 5.92 Å². The number of benzene rings is 1. The van der Waals surface area contributed by atoms with Gasteiger partial charge in [-0.05, 0) is 24.4 Å². The van der Waals surface area contributed by atoms with Crippen molar-refractivity contribution >= 4 is 5.97 Å². The van der Waals surface area contributed by atoms with Gasteiger partial charge in [-0.15, -0.1) is 0 Å². The molecule has 2 unspecified atom stereocenters. The highest BCUT2D eigenvalue weighted by Gasteiger charge is 2.43. The SMILES string of the molecule is CCN(Cc1ccccc1)CC1CC1C(=O)O. The first-order valence-electron chi connectivity index (χ1n) is 6.19. The Kier molecular flexibility index (Phi) is 3.79. The standard InChI is InChI=1S/C14H19NO2/c1-2-15(9-11-6-4-3-5-7-11)10-12-8-13(12)14(16)17/h3-7,12-13H,2,8-10H2,1H3,(H,16,17). The number of carboxylic acids is 1. The van der Waals surface area contributed by atoms with Gasteiger partial charge >= 0.3 is 5.97 Å². The minimum atomic E-state index is -0.634. The lowest BCUT2D eigenvalue weighted by atomic mass is 10.2. The second kappa shape index (κ2) is 5.32. The summed E-state index contributed by atoms with van der Waals surface area (Å²) >= 11 is 0. The Morgan fingerprint density at radius 3 is 2.65 bits per heavy atom. The van der Waals surface area contributed by atoms with E-state index in [0.717, 1.165) is 26.1 Å². The average Bonchev–Trinajstić information content (AvgIpc) is 3.09. The van der Waals surface area contributed by atoms with E-state index in [1.807, 2.05) is 18.2 Å². The number of hydrogen-bond donors (Lipinski definition) is 1. The molecule has 0 saturated heterocycles. The fraction of sp³-hybridized carbons (Fsp3) is 0.500. The molecule has 0 aliphatic heterocycles. The third-order valence-corrected chi connectivity index (χ3v) is 3.43. The first kappa shape index (κ1) is 12.1. The molecule has 0 spiro atoms. The Hall–Kier alpha value is -1.35. The van der Waals surface area contributed by atoms with Crippen molar-refractivity contribution in [2.75, 3.05) is 13.1 Å². The van der Waals surface area contributed by atoms with E-state index < -0.39 is 5.97 Å². The Labute approximate surface area is 102 Å². The van der Waals surface area contributed by atoms with Crippen LogP contribution in [0.1, 0.15) is 18.9 Å². The van der Waals surface area contributed by atoms with Gasteiger partial charge in [0.15, 0.2) is 0 Å². The van der Waals surface area contributed by atoms with Crippen LogP contribution >= 0.6 is 0 Å². The van der Waals surface area contributed by atoms with E-state index in [0.29, 0.717) is 5.92 Å². The summed E-state index contributed by atoms with van der Waals surface area (Å²) in [7, 11) is 0. The van der Waals surface area contributed by atoms with Crippen LogP contribution in [0.25, 0.3) is 0 Å². The molecule has 1 aromatic rings. The monoisotopic (exact) mass is 233 g/mol. The number of nitrogens with zero attached hydrogens (tertiary/aromatic N) is 1. The van der Waals surface area contributed by atoms with Gasteiger partial charge in [-0.2, -0.15) is 0 Å². The molecule has 1 saturated carbocycles. The molecule has 1 fully saturated rings. The van der Waals surface area contributed by atoms with Crippen molar-refractivity contribution in [1.82, 2.24) is 4.90 Å². The van der Waals surface area contributed by atoms with Crippen molar-refractivity contribution in [2.45, 2.75) is 19.9 Å². The molecule has 2 rings (SSSR count). The van der Waals surface area contributed by atoms with Crippen molar-refractivity contribution in [2.24, 2.45) is 11.8 Å². The first-order valence-corrected chi connectivity index (χ1v) is 6.19. The molecule has 1 N–H and O–H groups in total. The van der Waals surface area contributed by atoms with E-state index in [4.69, 9.17) is 5.11 Å². The highest BCUT2D eigenvalue weighted by molar-refractivity contribution is 5.73. The second-order valence-corrected chi connectivity index (χ2v) is 4.75. The molecule has 3 nitrogen and oxygen atoms in total. The topological polar surface area (TPSA) is 40.5 Å². The highest BCUT2D eigenvalue weighted by Crippen LogP contribution is 2.39. The van der Waals surface area contributed by atoms with Gasteiger partial charge in [-0.25, -0.2) is 0 Å². The number of rotatable bonds is 6. The van der Waals surface area contributed by atoms with Gasteiger partial charge in [0.25, 0.3) is 0 Å². The summed E-state index contributed by atoms with van der Waals surface area (Å²) in [5, 5.41) is 8.88. The maximum absolute atomic E-state index is 10.8. The Morgan fingerprint density at radius 1 is 1.41 bits per heavy atom. The van der Waals surface area contributed by atoms with Crippen molar-refractivity contribution in [3.63, 3.8) is 0 Å². The van der Waals surface area contributed by atoms with Crippen LogP contribution in [0.3, 0.4) is 0 Å². The zero-order valence-electron chi connectivity index (χ0n) is 10.2. The minimum Gasteiger partial charge on any atom is -0.481 e. The Morgan fingerprint density at radius 2 is 2.12 bits per heavy atom. The van der Waals surface area contributed by atoms with Gasteiger partial charge in [0.1, 0.15) is 0 Å². The van der Waals surface area contributed by atoms with E-state index in [2.05, 4.69) is 24.0 Å². The molecule has 3 heteroatoms. The van der Waals surface area contributed by atoms with Crippen LogP contribution in [-0.4, -0.2) is 29.1 Å². The molecular formula is C14H19NO2. The Balaban J connectivity index is 1.84. The van der Waals surface area contributed by atoms with Crippen LogP contribution in [0.4, 0.5) is 0 Å². The molecule has 0 radical (unpaired) electrons. The van der Waals surface area contributed by atoms with Crippen LogP contribution in [0.5, 0.6) is 0 Å². The predicted molar refractivity (Wildman–Crippen MR) is 66.6 cm³/mol. The fourth-order valence-corrected chi connectivity index (χ4v) is 2.23. The molecule has 17 heavy (non-hydrogen) atoms. The quantitative estimate of drug-likeness (QED) is 0.819. The molecule has 1 aromatic carbocycles. The summed E-state index contributed by atoms with van der Waals surface area (Å²) in [4.78, 5) is 13.1. The smallest absolute Gasteiger partial charge is 0.306 e. The van der Waals surface area contributed by atoms with Gasteiger partial charge in [0.05, 0.1) is 5.92 Å². The summed E-state index contributed by atoms with van der Waals surface area (Å²) in [5.41, 5.74) is 1.29. The lowest BCUT2D eigenvalue weighted by Crippen LogP contribution is -2.26. The summed E-state index contributed by atoms with van der Waals surface area (Å²) < 4.78 is 0. The van der Waals surface area contributed by atoms with E-state index in [9.17, 15) is 4.79 Å². The first-order chi connectivity index (χ1) is 8.20. The van der Waals surface area contributed by atoms with E-state index in [1.165, 1.54) is 5.56 Å². The third kappa shape index (κ3) is 3.30. The second-order valence-electron chi connectivity index (χ2n) is 4.75. The van der Waals surface area contributed by atoms with E-state index in [1.54, 1.807) is 0 Å². The molecule has 92 valence electrons. The largest absolute Gasteiger partial charge is 0.481 e. The molecule has 0 amide bonds. The summed E-state index contributed by atoms with van der Waals surface area (Å²) in [6, 6.07) is 10.3. The van der Waals surface area contributed by atoms with Gasteiger partial charge in [0.2, 0.25) is 0 Å². The summed E-state index contributed by atoms with van der Waals surface area (Å²) in [6.45, 7) is 4.92. The number of carbonyl (C=O) groups is 1. The summed E-state index contributed by atoms with van der Waals surface area (Å²) in [5.74, 6) is -0.373. The molecular weight excluding hydrogens is 214 g/mol. The number of aliphatic carboxylic acids is 1. The van der Waals surface area contributed by atoms with Crippen LogP contribution < -0.4 is 0 Å². The maximum atomic E-state index is 10.8. The van der Waals surface area contributed by atoms with Crippen molar-refractivity contribution in [1.29, 1.82) is 0 Å². The highest BCUT2D eigenvalue weighted by atomic mass is 16.4. The zero-order valence-corrected chi connectivity index (χ0v) is 10.2. The van der Waals surface area contributed by atoms with Crippen LogP contribution in [0.2, 0.25) is 0 Å². The van der Waals surface area contributed by atoms with Gasteiger partial charge in [-0.3, -0.25) is 9.69 Å². The zero-order chi connectivity index (χ0) is 12.3. The molecule has 0 aromatic heterocycles. The van der Waals surface area contributed by atoms with Gasteiger partial charge in [0, 0.05) is 13.1 Å². The predicted octanol–water partition coefficient (Wildman–Crippen LogP) is 2.23. The van der Waals surface area contributed by atoms with Crippen LogP contribution in [0.15, 0.2) is 30.3 Å². The fourth-order valence-electron chi connectivity index (χ4n) is 2.23. The van der Waals surface area contributed by atoms with Crippen molar-refractivity contribution in [3.8, 4) is 0 Å². The maximum Gasteiger partial charge on any atom is 0.306 e. The minimum absolute atomic E-state index is 0.0974. The normalized spacial score (nSPS) is 22.7. The number of carboxylic acid groups (broad SMARTS) is 1. The lowest BCUT2D eigenvalue weighted by Gasteiger charge is -2.20. The molecule has 0 heterocycles. The van der Waals surface area contributed by atoms with Crippen LogP contribution in [-0.2, 0) is 11.3 Å². The average molecular weight is 233 g/mol. The van der Waals surface area contributed by atoms with Crippen LogP contribution in [0, 0.1) is 11.8 Å². The third-order valence-electron chi connectivity index (χ3n) is 3.43. The van der Waals surface area contributed by atoms with E-state index >= 15 is 0 Å². The van der Waals surface area contributed by atoms with Crippen molar-refractivity contribution in [3.05, 3.63) is 35.9 Å². The molecule has 1 aliphatic rings. The molecule has 0 bridgehead atoms. The lowest BCUT2D eigenvalue weighted by molar-refractivity contribution is -0.138. The van der Waals surface area contributed by atoms with Gasteiger partial charge < -0.3 is 5.11 Å². The van der Waals surface area contributed by atoms with Gasteiger partial charge in [-0.1, -0.05) is 37.3 Å². The summed E-state index contributed by atoms with van der Waals surface area (Å²) in [6.07, 6.45) is 0.848. The molecule has 2 atom stereocenters.